The maximum atomic E-state index is 9.28. The molecule has 0 bridgehead atoms. The first kappa shape index (κ1) is 13.8. The molecule has 0 heterocycles. The summed E-state index contributed by atoms with van der Waals surface area (Å²) in [5.74, 6) is 0.873. The smallest absolute Gasteiger partial charge is 0.124 e. The van der Waals surface area contributed by atoms with Gasteiger partial charge in [0.15, 0.2) is 0 Å². The average Bonchev–Trinajstić information content (AvgIpc) is 2.46. The molecule has 0 radical (unpaired) electrons. The average molecular weight is 259 g/mol. The van der Waals surface area contributed by atoms with Crippen LogP contribution >= 0.6 is 0 Å². The number of hydrogen-bond donors (Lipinski definition) is 2. The maximum absolute atomic E-state index is 9.28. The van der Waals surface area contributed by atoms with Gasteiger partial charge in [-0.05, 0) is 29.8 Å². The van der Waals surface area contributed by atoms with E-state index >= 15 is 0 Å². The Morgan fingerprint density at radius 3 is 2.68 bits per heavy atom. The van der Waals surface area contributed by atoms with Crippen molar-refractivity contribution in [3.8, 4) is 5.75 Å². The van der Waals surface area contributed by atoms with Crippen molar-refractivity contribution in [1.82, 2.24) is 5.32 Å². The third-order valence-corrected chi connectivity index (χ3v) is 3.37. The molecule has 0 fully saturated rings. The van der Waals surface area contributed by atoms with Gasteiger partial charge in [0, 0.05) is 18.2 Å². The molecule has 0 aromatic heterocycles. The zero-order valence-corrected chi connectivity index (χ0v) is 11.5. The van der Waals surface area contributed by atoms with Crippen molar-refractivity contribution < 1.29 is 9.84 Å². The van der Waals surface area contributed by atoms with Crippen molar-refractivity contribution in [3.63, 3.8) is 0 Å². The molecule has 2 aromatic carbocycles. The van der Waals surface area contributed by atoms with Gasteiger partial charge >= 0.3 is 0 Å². The van der Waals surface area contributed by atoms with Crippen LogP contribution in [0, 0.1) is 0 Å². The summed E-state index contributed by atoms with van der Waals surface area (Å²) >= 11 is 0. The second-order valence-corrected chi connectivity index (χ2v) is 4.53. The molecule has 19 heavy (non-hydrogen) atoms. The van der Waals surface area contributed by atoms with Crippen LogP contribution in [0.25, 0.3) is 10.8 Å². The SMILES string of the molecule is CCNC(CCO)c1c(OC)ccc2ccccc12. The monoisotopic (exact) mass is 259 g/mol. The second-order valence-electron chi connectivity index (χ2n) is 4.53. The first-order valence-corrected chi connectivity index (χ1v) is 6.71. The molecule has 0 spiro atoms. The highest BCUT2D eigenvalue weighted by Crippen LogP contribution is 2.34. The Hall–Kier alpha value is -1.58. The molecule has 2 aromatic rings. The van der Waals surface area contributed by atoms with E-state index in [9.17, 15) is 5.11 Å². The first-order chi connectivity index (χ1) is 9.31. The number of methoxy groups -OCH3 is 1. The fraction of sp³-hybridized carbons (Fsp3) is 0.375. The van der Waals surface area contributed by atoms with Gasteiger partial charge in [0.05, 0.1) is 7.11 Å². The molecular formula is C16H21NO2. The zero-order valence-electron chi connectivity index (χ0n) is 11.5. The van der Waals surface area contributed by atoms with Crippen molar-refractivity contribution in [1.29, 1.82) is 0 Å². The molecular weight excluding hydrogens is 238 g/mol. The Kier molecular flexibility index (Phi) is 4.77. The molecule has 1 unspecified atom stereocenters. The number of ether oxygens (including phenoxy) is 1. The number of benzene rings is 2. The van der Waals surface area contributed by atoms with Crippen LogP contribution in [0.1, 0.15) is 24.9 Å². The van der Waals surface area contributed by atoms with Crippen molar-refractivity contribution in [2.75, 3.05) is 20.3 Å². The number of aliphatic hydroxyl groups is 1. The van der Waals surface area contributed by atoms with E-state index in [2.05, 4.69) is 30.4 Å². The van der Waals surface area contributed by atoms with Crippen molar-refractivity contribution in [2.24, 2.45) is 0 Å². The number of rotatable bonds is 6. The van der Waals surface area contributed by atoms with E-state index in [1.54, 1.807) is 7.11 Å². The highest BCUT2D eigenvalue weighted by molar-refractivity contribution is 5.88. The molecule has 0 saturated heterocycles. The van der Waals surface area contributed by atoms with Gasteiger partial charge in [0.2, 0.25) is 0 Å². The lowest BCUT2D eigenvalue weighted by Gasteiger charge is -2.22. The van der Waals surface area contributed by atoms with Gasteiger partial charge in [-0.25, -0.2) is 0 Å². The van der Waals surface area contributed by atoms with E-state index in [0.717, 1.165) is 17.9 Å². The summed E-state index contributed by atoms with van der Waals surface area (Å²) in [5, 5.41) is 15.1. The first-order valence-electron chi connectivity index (χ1n) is 6.71. The van der Waals surface area contributed by atoms with Crippen LogP contribution in [0.5, 0.6) is 5.75 Å². The van der Waals surface area contributed by atoms with Gasteiger partial charge in [-0.2, -0.15) is 0 Å². The van der Waals surface area contributed by atoms with Gasteiger partial charge in [-0.15, -0.1) is 0 Å². The Bertz CT molecular complexity index is 533. The summed E-state index contributed by atoms with van der Waals surface area (Å²) in [6.45, 7) is 3.09. The summed E-state index contributed by atoms with van der Waals surface area (Å²) in [4.78, 5) is 0. The molecule has 0 aliphatic heterocycles. The predicted molar refractivity (Wildman–Crippen MR) is 78.6 cm³/mol. The van der Waals surface area contributed by atoms with Crippen molar-refractivity contribution >= 4 is 10.8 Å². The molecule has 0 aliphatic rings. The zero-order chi connectivity index (χ0) is 13.7. The highest BCUT2D eigenvalue weighted by atomic mass is 16.5. The quantitative estimate of drug-likeness (QED) is 0.838. The fourth-order valence-corrected chi connectivity index (χ4v) is 2.54. The molecule has 0 aliphatic carbocycles. The summed E-state index contributed by atoms with van der Waals surface area (Å²) in [7, 11) is 1.69. The van der Waals surface area contributed by atoms with Gasteiger partial charge in [-0.3, -0.25) is 0 Å². The standard InChI is InChI=1S/C16H21NO2/c1-3-17-14(10-11-18)16-13-7-5-4-6-12(13)8-9-15(16)19-2/h4-9,14,17-18H,3,10-11H2,1-2H3. The lowest BCUT2D eigenvalue weighted by Crippen LogP contribution is -2.22. The van der Waals surface area contributed by atoms with Gasteiger partial charge in [0.1, 0.15) is 5.75 Å². The van der Waals surface area contributed by atoms with Gasteiger partial charge in [-0.1, -0.05) is 37.3 Å². The minimum Gasteiger partial charge on any atom is -0.496 e. The summed E-state index contributed by atoms with van der Waals surface area (Å²) in [5.41, 5.74) is 1.14. The van der Waals surface area contributed by atoms with Crippen molar-refractivity contribution in [2.45, 2.75) is 19.4 Å². The minimum atomic E-state index is 0.107. The largest absolute Gasteiger partial charge is 0.496 e. The number of nitrogens with one attached hydrogen (secondary N) is 1. The Morgan fingerprint density at radius 1 is 1.21 bits per heavy atom. The lowest BCUT2D eigenvalue weighted by molar-refractivity contribution is 0.265. The van der Waals surface area contributed by atoms with Crippen molar-refractivity contribution in [3.05, 3.63) is 42.0 Å². The van der Waals surface area contributed by atoms with E-state index in [1.807, 2.05) is 18.2 Å². The van der Waals surface area contributed by atoms with Crippen LogP contribution in [-0.2, 0) is 0 Å². The number of fused-ring (bicyclic) bond motifs is 1. The topological polar surface area (TPSA) is 41.5 Å². The maximum Gasteiger partial charge on any atom is 0.124 e. The Labute approximate surface area is 114 Å². The molecule has 3 nitrogen and oxygen atoms in total. The summed E-state index contributed by atoms with van der Waals surface area (Å²) in [6.07, 6.45) is 0.679. The summed E-state index contributed by atoms with van der Waals surface area (Å²) < 4.78 is 5.51. The molecule has 2 rings (SSSR count). The van der Waals surface area contributed by atoms with E-state index < -0.39 is 0 Å². The van der Waals surface area contributed by atoms with Crippen LogP contribution in [0.15, 0.2) is 36.4 Å². The number of aliphatic hydroxyl groups excluding tert-OH is 1. The highest BCUT2D eigenvalue weighted by Gasteiger charge is 2.17. The Balaban J connectivity index is 2.59. The number of hydrogen-bond acceptors (Lipinski definition) is 3. The second kappa shape index (κ2) is 6.55. The van der Waals surface area contributed by atoms with E-state index in [0.29, 0.717) is 6.42 Å². The van der Waals surface area contributed by atoms with Crippen LogP contribution in [0.3, 0.4) is 0 Å². The predicted octanol–water partition coefficient (Wildman–Crippen LogP) is 2.88. The summed E-state index contributed by atoms with van der Waals surface area (Å²) in [6, 6.07) is 12.4. The molecule has 2 N–H and O–H groups in total. The van der Waals surface area contributed by atoms with Crippen LogP contribution in [0.4, 0.5) is 0 Å². The molecule has 102 valence electrons. The lowest BCUT2D eigenvalue weighted by atomic mass is 9.95. The molecule has 0 amide bonds. The third kappa shape index (κ3) is 2.88. The van der Waals surface area contributed by atoms with Crippen LogP contribution < -0.4 is 10.1 Å². The van der Waals surface area contributed by atoms with Crippen LogP contribution in [-0.4, -0.2) is 25.4 Å². The molecule has 1 atom stereocenters. The van der Waals surface area contributed by atoms with Crippen LogP contribution in [0.2, 0.25) is 0 Å². The van der Waals surface area contributed by atoms with Gasteiger partial charge in [0.25, 0.3) is 0 Å². The third-order valence-electron chi connectivity index (χ3n) is 3.37. The minimum absolute atomic E-state index is 0.107. The molecule has 3 heteroatoms. The van der Waals surface area contributed by atoms with E-state index in [4.69, 9.17) is 4.74 Å². The van der Waals surface area contributed by atoms with E-state index in [1.165, 1.54) is 10.8 Å². The van der Waals surface area contributed by atoms with Gasteiger partial charge < -0.3 is 15.2 Å². The molecule has 0 saturated carbocycles. The fourth-order valence-electron chi connectivity index (χ4n) is 2.54. The van der Waals surface area contributed by atoms with E-state index in [-0.39, 0.29) is 12.6 Å². The normalized spacial score (nSPS) is 12.6. The Morgan fingerprint density at radius 2 is 2.00 bits per heavy atom.